The van der Waals surface area contributed by atoms with Crippen LogP contribution in [0.4, 0.5) is 5.82 Å². The smallest absolute Gasteiger partial charge is 0.151 e. The van der Waals surface area contributed by atoms with Crippen LogP contribution in [0.15, 0.2) is 30.3 Å². The van der Waals surface area contributed by atoms with E-state index >= 15 is 0 Å². The lowest BCUT2D eigenvalue weighted by Gasteiger charge is -2.41. The van der Waals surface area contributed by atoms with Crippen LogP contribution in [-0.2, 0) is 12.8 Å². The maximum absolute atomic E-state index is 4.70. The van der Waals surface area contributed by atoms with Gasteiger partial charge < -0.3 is 9.47 Å². The van der Waals surface area contributed by atoms with Gasteiger partial charge in [-0.05, 0) is 55.9 Å². The van der Waals surface area contributed by atoms with Gasteiger partial charge in [-0.15, -0.1) is 5.10 Å². The third-order valence-corrected chi connectivity index (χ3v) is 5.71. The van der Waals surface area contributed by atoms with Crippen LogP contribution < -0.4 is 4.90 Å². The Bertz CT molecular complexity index is 938. The van der Waals surface area contributed by atoms with Crippen LogP contribution in [0.5, 0.6) is 0 Å². The zero-order valence-electron chi connectivity index (χ0n) is 14.8. The number of benzene rings is 1. The van der Waals surface area contributed by atoms with Gasteiger partial charge in [-0.2, -0.15) is 5.10 Å². The summed E-state index contributed by atoms with van der Waals surface area (Å²) in [6, 6.07) is 11.1. The quantitative estimate of drug-likeness (QED) is 0.722. The minimum Gasteiger partial charge on any atom is -0.351 e. The molecule has 1 fully saturated rings. The molecule has 0 N–H and O–H groups in total. The van der Waals surface area contributed by atoms with Crippen LogP contribution in [0.25, 0.3) is 11.0 Å². The molecule has 128 valence electrons. The van der Waals surface area contributed by atoms with Gasteiger partial charge in [-0.25, -0.2) is 4.98 Å². The lowest BCUT2D eigenvalue weighted by molar-refractivity contribution is 0.397. The number of nitrogens with zero attached hydrogens (tertiary/aromatic N) is 5. The maximum Gasteiger partial charge on any atom is 0.151 e. The molecule has 3 heterocycles. The fraction of sp³-hybridized carbons (Fsp3) is 0.450. The van der Waals surface area contributed by atoms with E-state index < -0.39 is 0 Å². The first-order chi connectivity index (χ1) is 12.2. The number of imidazole rings is 1. The molecule has 0 radical (unpaired) electrons. The first-order valence-corrected chi connectivity index (χ1v) is 9.23. The third kappa shape index (κ3) is 2.41. The molecule has 1 aromatic carbocycles. The predicted octanol–water partition coefficient (Wildman–Crippen LogP) is 3.32. The molecule has 2 aliphatic rings. The van der Waals surface area contributed by atoms with Gasteiger partial charge in [0.15, 0.2) is 5.82 Å². The van der Waals surface area contributed by atoms with Gasteiger partial charge in [-0.3, -0.25) is 0 Å². The van der Waals surface area contributed by atoms with Crippen molar-refractivity contribution in [3.63, 3.8) is 0 Å². The summed E-state index contributed by atoms with van der Waals surface area (Å²) >= 11 is 0. The largest absolute Gasteiger partial charge is 0.351 e. The van der Waals surface area contributed by atoms with Crippen LogP contribution in [0, 0.1) is 12.8 Å². The zero-order valence-corrected chi connectivity index (χ0v) is 14.8. The molecule has 5 heteroatoms. The number of anilines is 1. The second kappa shape index (κ2) is 5.55. The summed E-state index contributed by atoms with van der Waals surface area (Å²) < 4.78 is 2.37. The molecule has 5 nitrogen and oxygen atoms in total. The molecule has 0 spiro atoms. The fourth-order valence-electron chi connectivity index (χ4n) is 4.28. The Morgan fingerprint density at radius 1 is 1.12 bits per heavy atom. The Morgan fingerprint density at radius 2 is 1.96 bits per heavy atom. The molecule has 1 atom stereocenters. The topological polar surface area (TPSA) is 46.8 Å². The van der Waals surface area contributed by atoms with E-state index in [0.29, 0.717) is 6.04 Å². The number of aryl methyl sites for hydroxylation is 2. The number of hydrogen-bond donors (Lipinski definition) is 0. The molecule has 0 amide bonds. The molecule has 1 unspecified atom stereocenters. The van der Waals surface area contributed by atoms with Crippen molar-refractivity contribution in [1.82, 2.24) is 19.7 Å². The molecular formula is C20H23N5. The van der Waals surface area contributed by atoms with Crippen molar-refractivity contribution >= 4 is 16.9 Å². The molecule has 1 aliphatic carbocycles. The normalized spacial score (nSPS) is 20.6. The minimum atomic E-state index is 0.462. The number of aromatic nitrogens is 4. The molecule has 0 saturated carbocycles. The second-order valence-electron chi connectivity index (χ2n) is 7.60. The van der Waals surface area contributed by atoms with Gasteiger partial charge in [0.2, 0.25) is 0 Å². The van der Waals surface area contributed by atoms with Crippen LogP contribution in [0.1, 0.15) is 36.5 Å². The summed E-state index contributed by atoms with van der Waals surface area (Å²) in [6.07, 6.45) is 3.45. The first-order valence-electron chi connectivity index (χ1n) is 9.23. The summed E-state index contributed by atoms with van der Waals surface area (Å²) in [5, 5.41) is 8.99. The van der Waals surface area contributed by atoms with Crippen molar-refractivity contribution in [2.75, 3.05) is 18.0 Å². The van der Waals surface area contributed by atoms with Crippen molar-refractivity contribution < 1.29 is 0 Å². The maximum atomic E-state index is 4.70. The van der Waals surface area contributed by atoms with Gasteiger partial charge in [0, 0.05) is 13.1 Å². The molecule has 0 bridgehead atoms. The van der Waals surface area contributed by atoms with Crippen molar-refractivity contribution in [2.24, 2.45) is 5.92 Å². The lowest BCUT2D eigenvalue weighted by Crippen LogP contribution is -2.48. The van der Waals surface area contributed by atoms with E-state index in [2.05, 4.69) is 63.8 Å². The summed E-state index contributed by atoms with van der Waals surface area (Å²) in [7, 11) is 0. The van der Waals surface area contributed by atoms with E-state index in [0.717, 1.165) is 49.0 Å². The van der Waals surface area contributed by atoms with E-state index in [-0.39, 0.29) is 0 Å². The number of fused-ring (bicyclic) bond motifs is 2. The highest BCUT2D eigenvalue weighted by atomic mass is 15.3. The van der Waals surface area contributed by atoms with Gasteiger partial charge in [0.1, 0.15) is 5.82 Å². The Kier molecular flexibility index (Phi) is 3.30. The SMILES string of the molecule is Cc1nc2ccccc2n1C1CN(c2cc3c(nn2)CCC(C)C3)C1. The number of rotatable bonds is 2. The monoisotopic (exact) mass is 333 g/mol. The highest BCUT2D eigenvalue weighted by Gasteiger charge is 2.32. The van der Waals surface area contributed by atoms with Crippen molar-refractivity contribution in [2.45, 2.75) is 39.2 Å². The predicted molar refractivity (Wildman–Crippen MR) is 98.9 cm³/mol. The van der Waals surface area contributed by atoms with Crippen molar-refractivity contribution in [1.29, 1.82) is 0 Å². The lowest BCUT2D eigenvalue weighted by atomic mass is 9.88. The van der Waals surface area contributed by atoms with Crippen molar-refractivity contribution in [3.8, 4) is 0 Å². The average Bonchev–Trinajstić information content (AvgIpc) is 2.89. The van der Waals surface area contributed by atoms with E-state index in [1.54, 1.807) is 0 Å². The molecule has 1 aliphatic heterocycles. The Labute approximate surface area is 147 Å². The summed E-state index contributed by atoms with van der Waals surface area (Å²) in [5.74, 6) is 2.89. The molecular weight excluding hydrogens is 310 g/mol. The van der Waals surface area contributed by atoms with Crippen LogP contribution >= 0.6 is 0 Å². The fourth-order valence-corrected chi connectivity index (χ4v) is 4.28. The second-order valence-corrected chi connectivity index (χ2v) is 7.60. The van der Waals surface area contributed by atoms with E-state index in [1.165, 1.54) is 23.2 Å². The summed E-state index contributed by atoms with van der Waals surface area (Å²) in [5.41, 5.74) is 4.92. The number of hydrogen-bond acceptors (Lipinski definition) is 4. The minimum absolute atomic E-state index is 0.462. The zero-order chi connectivity index (χ0) is 17.0. The Morgan fingerprint density at radius 3 is 2.84 bits per heavy atom. The van der Waals surface area contributed by atoms with Gasteiger partial charge in [0.25, 0.3) is 0 Å². The highest BCUT2D eigenvalue weighted by molar-refractivity contribution is 5.76. The van der Waals surface area contributed by atoms with Crippen LogP contribution in [-0.4, -0.2) is 32.8 Å². The molecule has 25 heavy (non-hydrogen) atoms. The van der Waals surface area contributed by atoms with Crippen LogP contribution in [0.2, 0.25) is 0 Å². The molecule has 1 saturated heterocycles. The molecule has 2 aromatic heterocycles. The van der Waals surface area contributed by atoms with Crippen molar-refractivity contribution in [3.05, 3.63) is 47.4 Å². The number of para-hydroxylation sites is 2. The molecule has 3 aromatic rings. The van der Waals surface area contributed by atoms with Crippen LogP contribution in [0.3, 0.4) is 0 Å². The highest BCUT2D eigenvalue weighted by Crippen LogP contribution is 2.32. The first kappa shape index (κ1) is 14.9. The Hall–Kier alpha value is -2.43. The standard InChI is InChI=1S/C20H23N5/c1-13-7-8-17-15(9-13)10-20(23-22-17)24-11-16(12-24)25-14(2)21-18-5-3-4-6-19(18)25/h3-6,10,13,16H,7-9,11-12H2,1-2H3. The van der Waals surface area contributed by atoms with Gasteiger partial charge in [0.05, 0.1) is 22.8 Å². The summed E-state index contributed by atoms with van der Waals surface area (Å²) in [4.78, 5) is 7.03. The third-order valence-electron chi connectivity index (χ3n) is 5.71. The Balaban J connectivity index is 1.38. The van der Waals surface area contributed by atoms with E-state index in [9.17, 15) is 0 Å². The van der Waals surface area contributed by atoms with Gasteiger partial charge >= 0.3 is 0 Å². The summed E-state index contributed by atoms with van der Waals surface area (Å²) in [6.45, 7) is 6.38. The average molecular weight is 333 g/mol. The van der Waals surface area contributed by atoms with E-state index in [1.807, 2.05) is 0 Å². The molecule has 5 rings (SSSR count). The van der Waals surface area contributed by atoms with Gasteiger partial charge in [-0.1, -0.05) is 19.1 Å². The van der Waals surface area contributed by atoms with E-state index in [4.69, 9.17) is 4.98 Å².